The zero-order valence-corrected chi connectivity index (χ0v) is 11.7. The van der Waals surface area contributed by atoms with Gasteiger partial charge in [0.2, 0.25) is 0 Å². The Labute approximate surface area is 111 Å². The first kappa shape index (κ1) is 14.3. The van der Waals surface area contributed by atoms with Crippen LogP contribution in [0.4, 0.5) is 0 Å². The summed E-state index contributed by atoms with van der Waals surface area (Å²) in [6, 6.07) is 0.211. The number of nitrogens with zero attached hydrogens (tertiary/aromatic N) is 2. The Kier molecular flexibility index (Phi) is 5.42. The molecule has 4 nitrogen and oxygen atoms in total. The molecular weight excluding hydrogens is 226 g/mol. The van der Waals surface area contributed by atoms with E-state index in [9.17, 15) is 5.11 Å². The fourth-order valence-electron chi connectivity index (χ4n) is 3.41. The highest BCUT2D eigenvalue weighted by molar-refractivity contribution is 4.84. The molecule has 0 spiro atoms. The molecule has 0 radical (unpaired) electrons. The van der Waals surface area contributed by atoms with Crippen LogP contribution in [-0.2, 0) is 0 Å². The highest BCUT2D eigenvalue weighted by atomic mass is 16.3. The summed E-state index contributed by atoms with van der Waals surface area (Å²) < 4.78 is 0. The predicted octanol–water partition coefficient (Wildman–Crippen LogP) is 0.502. The second-order valence-electron chi connectivity index (χ2n) is 6.10. The number of aliphatic hydroxyl groups is 1. The molecule has 2 heterocycles. The summed E-state index contributed by atoms with van der Waals surface area (Å²) in [5, 5.41) is 9.41. The molecule has 2 atom stereocenters. The monoisotopic (exact) mass is 255 g/mol. The summed E-state index contributed by atoms with van der Waals surface area (Å²) in [5.41, 5.74) is 5.93. The van der Waals surface area contributed by atoms with Crippen LogP contribution < -0.4 is 5.73 Å². The van der Waals surface area contributed by atoms with E-state index in [0.29, 0.717) is 0 Å². The van der Waals surface area contributed by atoms with Crippen molar-refractivity contribution in [1.29, 1.82) is 0 Å². The van der Waals surface area contributed by atoms with Crippen molar-refractivity contribution in [2.24, 2.45) is 11.7 Å². The maximum absolute atomic E-state index is 9.41. The van der Waals surface area contributed by atoms with Crippen molar-refractivity contribution in [3.8, 4) is 0 Å². The Bertz CT molecular complexity index is 233. The molecule has 0 aromatic rings. The Morgan fingerprint density at radius 3 is 2.28 bits per heavy atom. The molecule has 2 saturated heterocycles. The Balaban J connectivity index is 1.73. The van der Waals surface area contributed by atoms with Gasteiger partial charge in [0.25, 0.3) is 0 Å². The van der Waals surface area contributed by atoms with E-state index in [0.717, 1.165) is 19.0 Å². The number of nitrogens with two attached hydrogens (primary N) is 1. The minimum atomic E-state index is 0.0603. The molecule has 0 aliphatic carbocycles. The molecule has 0 aromatic carbocycles. The number of aliphatic hydroxyl groups excluding tert-OH is 1. The molecule has 0 aromatic heterocycles. The molecule has 2 unspecified atom stereocenters. The Hall–Kier alpha value is -0.160. The lowest BCUT2D eigenvalue weighted by molar-refractivity contribution is 0.0678. The summed E-state index contributed by atoms with van der Waals surface area (Å²) in [6.07, 6.45) is 5.30. The maximum atomic E-state index is 9.41. The van der Waals surface area contributed by atoms with Crippen LogP contribution in [0, 0.1) is 5.92 Å². The Morgan fingerprint density at radius 1 is 1.17 bits per heavy atom. The van der Waals surface area contributed by atoms with E-state index in [2.05, 4.69) is 9.80 Å². The zero-order chi connectivity index (χ0) is 13.0. The van der Waals surface area contributed by atoms with Crippen molar-refractivity contribution in [2.75, 3.05) is 39.3 Å². The van der Waals surface area contributed by atoms with Crippen molar-refractivity contribution in [3.63, 3.8) is 0 Å². The first-order chi connectivity index (χ1) is 8.70. The van der Waals surface area contributed by atoms with Gasteiger partial charge in [-0.3, -0.25) is 4.90 Å². The van der Waals surface area contributed by atoms with Gasteiger partial charge in [-0.25, -0.2) is 0 Å². The van der Waals surface area contributed by atoms with E-state index in [1.165, 1.54) is 45.3 Å². The summed E-state index contributed by atoms with van der Waals surface area (Å²) in [4.78, 5) is 5.00. The fourth-order valence-corrected chi connectivity index (χ4v) is 3.41. The molecule has 2 rings (SSSR count). The molecule has 0 saturated carbocycles. The van der Waals surface area contributed by atoms with Gasteiger partial charge in [-0.2, -0.15) is 0 Å². The molecule has 18 heavy (non-hydrogen) atoms. The van der Waals surface area contributed by atoms with Crippen molar-refractivity contribution < 1.29 is 5.11 Å². The summed E-state index contributed by atoms with van der Waals surface area (Å²) in [7, 11) is 0. The molecule has 106 valence electrons. The van der Waals surface area contributed by atoms with Crippen LogP contribution in [-0.4, -0.2) is 66.3 Å². The maximum Gasteiger partial charge on any atom is 0.0601 e. The lowest BCUT2D eigenvalue weighted by Gasteiger charge is -2.39. The molecule has 0 amide bonds. The number of likely N-dealkylation sites (tertiary alicyclic amines) is 2. The van der Waals surface area contributed by atoms with Crippen molar-refractivity contribution in [3.05, 3.63) is 0 Å². The average molecular weight is 255 g/mol. The van der Waals surface area contributed by atoms with E-state index in [1.54, 1.807) is 0 Å². The van der Waals surface area contributed by atoms with Crippen LogP contribution in [0.15, 0.2) is 0 Å². The molecule has 3 N–H and O–H groups in total. The van der Waals surface area contributed by atoms with Crippen LogP contribution >= 0.6 is 0 Å². The summed E-state index contributed by atoms with van der Waals surface area (Å²) in [5.74, 6) is 0.853. The summed E-state index contributed by atoms with van der Waals surface area (Å²) >= 11 is 0. The number of hydrogen-bond acceptors (Lipinski definition) is 4. The SMILES string of the molecule is CC(N)C(CO)N1CCC(CN2CCCC2)CC1. The first-order valence-electron chi connectivity index (χ1n) is 7.53. The van der Waals surface area contributed by atoms with Gasteiger partial charge in [0.15, 0.2) is 0 Å². The predicted molar refractivity (Wildman–Crippen MR) is 74.5 cm³/mol. The second kappa shape index (κ2) is 6.85. The van der Waals surface area contributed by atoms with Crippen LogP contribution in [0.1, 0.15) is 32.6 Å². The topological polar surface area (TPSA) is 52.7 Å². The van der Waals surface area contributed by atoms with Gasteiger partial charge in [0, 0.05) is 18.6 Å². The molecule has 4 heteroatoms. The van der Waals surface area contributed by atoms with Crippen molar-refractivity contribution >= 4 is 0 Å². The third-order valence-electron chi connectivity index (χ3n) is 4.63. The van der Waals surface area contributed by atoms with E-state index < -0.39 is 0 Å². The van der Waals surface area contributed by atoms with Crippen LogP contribution in [0.25, 0.3) is 0 Å². The fraction of sp³-hybridized carbons (Fsp3) is 1.00. The average Bonchev–Trinajstić information content (AvgIpc) is 2.84. The van der Waals surface area contributed by atoms with E-state index in [1.807, 2.05) is 6.92 Å². The molecule has 2 fully saturated rings. The van der Waals surface area contributed by atoms with Crippen LogP contribution in [0.5, 0.6) is 0 Å². The quantitative estimate of drug-likeness (QED) is 0.751. The molecule has 0 bridgehead atoms. The van der Waals surface area contributed by atoms with Gasteiger partial charge in [0.1, 0.15) is 0 Å². The highest BCUT2D eigenvalue weighted by Crippen LogP contribution is 2.22. The van der Waals surface area contributed by atoms with Gasteiger partial charge >= 0.3 is 0 Å². The van der Waals surface area contributed by atoms with Crippen LogP contribution in [0.2, 0.25) is 0 Å². The standard InChI is InChI=1S/C14H29N3O/c1-12(15)14(11-18)17-8-4-13(5-9-17)10-16-6-2-3-7-16/h12-14,18H,2-11,15H2,1H3. The third kappa shape index (κ3) is 3.67. The van der Waals surface area contributed by atoms with Crippen LogP contribution in [0.3, 0.4) is 0 Å². The normalized spacial score (nSPS) is 27.5. The molecule has 2 aliphatic rings. The van der Waals surface area contributed by atoms with E-state index >= 15 is 0 Å². The third-order valence-corrected chi connectivity index (χ3v) is 4.63. The largest absolute Gasteiger partial charge is 0.395 e. The van der Waals surface area contributed by atoms with Gasteiger partial charge in [-0.15, -0.1) is 0 Å². The van der Waals surface area contributed by atoms with Crippen molar-refractivity contribution in [1.82, 2.24) is 9.80 Å². The summed E-state index contributed by atoms with van der Waals surface area (Å²) in [6.45, 7) is 8.29. The molecular formula is C14H29N3O. The van der Waals surface area contributed by atoms with E-state index in [4.69, 9.17) is 5.73 Å². The minimum Gasteiger partial charge on any atom is -0.395 e. The number of hydrogen-bond donors (Lipinski definition) is 2. The number of rotatable bonds is 5. The van der Waals surface area contributed by atoms with Crippen molar-refractivity contribution in [2.45, 2.75) is 44.7 Å². The first-order valence-corrected chi connectivity index (χ1v) is 7.53. The lowest BCUT2D eigenvalue weighted by atomic mass is 9.94. The number of piperidine rings is 1. The highest BCUT2D eigenvalue weighted by Gasteiger charge is 2.27. The van der Waals surface area contributed by atoms with E-state index in [-0.39, 0.29) is 18.7 Å². The lowest BCUT2D eigenvalue weighted by Crippen LogP contribution is -2.52. The van der Waals surface area contributed by atoms with Gasteiger partial charge < -0.3 is 15.7 Å². The minimum absolute atomic E-state index is 0.0603. The second-order valence-corrected chi connectivity index (χ2v) is 6.10. The smallest absolute Gasteiger partial charge is 0.0601 e. The van der Waals surface area contributed by atoms with Gasteiger partial charge in [-0.05, 0) is 64.7 Å². The zero-order valence-electron chi connectivity index (χ0n) is 11.7. The van der Waals surface area contributed by atoms with Gasteiger partial charge in [-0.1, -0.05) is 0 Å². The molecule has 2 aliphatic heterocycles. The van der Waals surface area contributed by atoms with Gasteiger partial charge in [0.05, 0.1) is 6.61 Å². The Morgan fingerprint density at radius 2 is 1.78 bits per heavy atom.